The Balaban J connectivity index is 1.72. The molecule has 8 nitrogen and oxygen atoms in total. The number of aliphatic hydroxyl groups is 1. The summed E-state index contributed by atoms with van der Waals surface area (Å²) in [7, 11) is -3.62. The van der Waals surface area contributed by atoms with Gasteiger partial charge >= 0.3 is 6.29 Å². The number of nitrogens with zero attached hydrogens (tertiary/aromatic N) is 2. The summed E-state index contributed by atoms with van der Waals surface area (Å²) in [5, 5.41) is 16.1. The highest BCUT2D eigenvalue weighted by molar-refractivity contribution is 7.93. The van der Waals surface area contributed by atoms with Crippen molar-refractivity contribution in [3.63, 3.8) is 0 Å². The summed E-state index contributed by atoms with van der Waals surface area (Å²) in [6, 6.07) is 8.42. The predicted octanol–water partition coefficient (Wildman–Crippen LogP) is 6.08. The van der Waals surface area contributed by atoms with Crippen molar-refractivity contribution < 1.29 is 32.4 Å². The molecule has 4 rings (SSSR count). The van der Waals surface area contributed by atoms with E-state index in [4.69, 9.17) is 5.14 Å². The number of hydrogen-bond donors (Lipinski definition) is 2. The maximum Gasteiger partial charge on any atom is 0.586 e. The largest absolute Gasteiger partial charge is 0.586 e. The monoisotopic (exact) mass is 579 g/mol. The third-order valence-electron chi connectivity index (χ3n) is 6.20. The number of fused-ring (bicyclic) bond motifs is 1. The molecule has 1 aliphatic heterocycles. The molecule has 2 heterocycles. The SMILES string of the molecule is CC(C)c1cc(-c2ccc3c(c2)OC(F)(F)O3)cc(C(C)C)c1CC(=O)N=S(N)(=O)c1ncc(C(C)(C)O)s1. The minimum atomic E-state index is -3.71. The van der Waals surface area contributed by atoms with Crippen LogP contribution < -0.4 is 14.6 Å². The molecule has 0 spiro atoms. The molecule has 210 valence electrons. The van der Waals surface area contributed by atoms with Gasteiger partial charge in [-0.1, -0.05) is 45.9 Å². The molecule has 3 N–H and O–H groups in total. The summed E-state index contributed by atoms with van der Waals surface area (Å²) in [6.07, 6.45) is -2.47. The van der Waals surface area contributed by atoms with Gasteiger partial charge in [-0.3, -0.25) is 4.79 Å². The third-order valence-corrected chi connectivity index (χ3v) is 9.35. The molecule has 1 aromatic heterocycles. The maximum atomic E-state index is 13.5. The molecule has 0 saturated heterocycles. The Bertz CT molecular complexity index is 1520. The van der Waals surface area contributed by atoms with E-state index in [2.05, 4.69) is 18.8 Å². The fourth-order valence-corrected chi connectivity index (χ4v) is 6.45. The number of halogens is 2. The molecule has 0 radical (unpaired) electrons. The molecular weight excluding hydrogens is 548 g/mol. The number of carbonyl (C=O) groups is 1. The molecular formula is C27H31F2N3O5S2. The first-order valence-electron chi connectivity index (χ1n) is 12.3. The Morgan fingerprint density at radius 1 is 1.10 bits per heavy atom. The summed E-state index contributed by atoms with van der Waals surface area (Å²) in [4.78, 5) is 17.6. The fraction of sp³-hybridized carbons (Fsp3) is 0.407. The van der Waals surface area contributed by atoms with Crippen LogP contribution in [0.3, 0.4) is 0 Å². The molecule has 1 unspecified atom stereocenters. The number of hydrogen-bond acceptors (Lipinski definition) is 7. The van der Waals surface area contributed by atoms with Gasteiger partial charge in [0, 0.05) is 6.20 Å². The van der Waals surface area contributed by atoms with Crippen LogP contribution in [-0.4, -0.2) is 26.5 Å². The number of rotatable bonds is 7. The van der Waals surface area contributed by atoms with Crippen LogP contribution in [0, 0.1) is 0 Å². The molecule has 0 saturated carbocycles. The minimum Gasteiger partial charge on any atom is -0.395 e. The van der Waals surface area contributed by atoms with Crippen molar-refractivity contribution in [1.82, 2.24) is 4.98 Å². The number of nitrogens with two attached hydrogens (primary N) is 1. The first-order valence-corrected chi connectivity index (χ1v) is 14.7. The maximum absolute atomic E-state index is 13.5. The van der Waals surface area contributed by atoms with Crippen LogP contribution in [0.5, 0.6) is 11.5 Å². The van der Waals surface area contributed by atoms with Crippen molar-refractivity contribution in [3.8, 4) is 22.6 Å². The highest BCUT2D eigenvalue weighted by Crippen LogP contribution is 2.44. The number of aromatic nitrogens is 1. The Morgan fingerprint density at radius 2 is 1.69 bits per heavy atom. The molecule has 0 fully saturated rings. The lowest BCUT2D eigenvalue weighted by molar-refractivity contribution is -0.286. The van der Waals surface area contributed by atoms with Gasteiger partial charge in [0.2, 0.25) is 4.34 Å². The molecule has 1 amide bonds. The van der Waals surface area contributed by atoms with Crippen LogP contribution in [0.25, 0.3) is 11.1 Å². The summed E-state index contributed by atoms with van der Waals surface area (Å²) < 4.78 is 53.1. The van der Waals surface area contributed by atoms with Gasteiger partial charge in [-0.05, 0) is 65.6 Å². The van der Waals surface area contributed by atoms with E-state index in [1.54, 1.807) is 19.9 Å². The molecule has 2 aromatic carbocycles. The number of ether oxygens (including phenoxy) is 2. The quantitative estimate of drug-likeness (QED) is 0.350. The van der Waals surface area contributed by atoms with E-state index in [-0.39, 0.29) is 34.1 Å². The molecule has 3 aromatic rings. The van der Waals surface area contributed by atoms with Gasteiger partial charge in [-0.15, -0.1) is 24.5 Å². The van der Waals surface area contributed by atoms with Crippen molar-refractivity contribution in [1.29, 1.82) is 0 Å². The molecule has 1 atom stereocenters. The topological polar surface area (TPSA) is 124 Å². The van der Waals surface area contributed by atoms with Gasteiger partial charge in [0.15, 0.2) is 21.4 Å². The normalized spacial score (nSPS) is 16.0. The van der Waals surface area contributed by atoms with Crippen LogP contribution in [0.1, 0.15) is 74.9 Å². The molecule has 0 aliphatic carbocycles. The first kappa shape index (κ1) is 29.1. The van der Waals surface area contributed by atoms with E-state index in [0.29, 0.717) is 10.4 Å². The summed E-state index contributed by atoms with van der Waals surface area (Å²) >= 11 is 0.945. The lowest BCUT2D eigenvalue weighted by atomic mass is 9.84. The standard InChI is InChI=1S/C27H31F2N3O5S2/c1-14(2)18-9-17(16-7-8-21-22(11-16)37-27(28,29)36-21)10-19(15(3)4)20(18)12-24(33)32-39(30,35)25-31-13-23(38-25)26(5,6)34/h7-11,13-15,34H,12H2,1-6H3,(H2,30,32,33,35). The number of benzene rings is 2. The van der Waals surface area contributed by atoms with E-state index in [0.717, 1.165) is 33.6 Å². The number of carbonyl (C=O) groups excluding carboxylic acids is 1. The Labute approximate surface area is 230 Å². The summed E-state index contributed by atoms with van der Waals surface area (Å²) in [5.74, 6) is -0.760. The second kappa shape index (κ2) is 10.2. The fourth-order valence-electron chi connectivity index (χ4n) is 4.30. The third kappa shape index (κ3) is 6.29. The van der Waals surface area contributed by atoms with Gasteiger partial charge in [-0.25, -0.2) is 14.3 Å². The average molecular weight is 580 g/mol. The molecule has 12 heteroatoms. The van der Waals surface area contributed by atoms with Crippen molar-refractivity contribution in [2.45, 2.75) is 76.0 Å². The van der Waals surface area contributed by atoms with Crippen LogP contribution in [-0.2, 0) is 26.7 Å². The molecule has 0 bridgehead atoms. The zero-order valence-electron chi connectivity index (χ0n) is 22.5. The van der Waals surface area contributed by atoms with Gasteiger partial charge in [0.1, 0.15) is 0 Å². The summed E-state index contributed by atoms with van der Waals surface area (Å²) in [5.41, 5.74) is 2.69. The minimum absolute atomic E-state index is 0.000803. The van der Waals surface area contributed by atoms with E-state index >= 15 is 0 Å². The Kier molecular flexibility index (Phi) is 7.63. The molecule has 1 aliphatic rings. The van der Waals surface area contributed by atoms with E-state index in [9.17, 15) is 22.9 Å². The lowest BCUT2D eigenvalue weighted by Gasteiger charge is -2.21. The van der Waals surface area contributed by atoms with Gasteiger partial charge in [-0.2, -0.15) is 0 Å². The van der Waals surface area contributed by atoms with E-state index in [1.165, 1.54) is 18.3 Å². The van der Waals surface area contributed by atoms with Crippen LogP contribution in [0.4, 0.5) is 8.78 Å². The highest BCUT2D eigenvalue weighted by atomic mass is 32.2. The summed E-state index contributed by atoms with van der Waals surface area (Å²) in [6.45, 7) is 11.0. The number of amides is 1. The zero-order chi connectivity index (χ0) is 28.9. The van der Waals surface area contributed by atoms with E-state index < -0.39 is 27.7 Å². The second-order valence-corrected chi connectivity index (χ2v) is 13.5. The van der Waals surface area contributed by atoms with Crippen molar-refractivity contribution in [2.24, 2.45) is 9.50 Å². The van der Waals surface area contributed by atoms with Crippen molar-refractivity contribution >= 4 is 27.2 Å². The van der Waals surface area contributed by atoms with Gasteiger partial charge in [0.05, 0.1) is 16.9 Å². The van der Waals surface area contributed by atoms with E-state index in [1.807, 2.05) is 39.8 Å². The lowest BCUT2D eigenvalue weighted by Crippen LogP contribution is -2.25. The highest BCUT2D eigenvalue weighted by Gasteiger charge is 2.43. The number of alkyl halides is 2. The number of thiazole rings is 1. The van der Waals surface area contributed by atoms with Gasteiger partial charge < -0.3 is 14.6 Å². The van der Waals surface area contributed by atoms with Crippen LogP contribution in [0.15, 0.2) is 45.2 Å². The first-order chi connectivity index (χ1) is 18.0. The smallest absolute Gasteiger partial charge is 0.395 e. The zero-order valence-corrected chi connectivity index (χ0v) is 24.1. The van der Waals surface area contributed by atoms with Crippen molar-refractivity contribution in [2.75, 3.05) is 0 Å². The van der Waals surface area contributed by atoms with Crippen molar-refractivity contribution in [3.05, 3.63) is 58.1 Å². The predicted molar refractivity (Wildman–Crippen MR) is 145 cm³/mol. The average Bonchev–Trinajstić information content (AvgIpc) is 3.42. The second-order valence-electron chi connectivity index (χ2n) is 10.6. The van der Waals surface area contributed by atoms with Crippen LogP contribution in [0.2, 0.25) is 0 Å². The van der Waals surface area contributed by atoms with Gasteiger partial charge in [0.25, 0.3) is 5.91 Å². The Morgan fingerprint density at radius 3 is 2.23 bits per heavy atom. The van der Waals surface area contributed by atoms with Crippen LogP contribution >= 0.6 is 11.3 Å². The molecule has 39 heavy (non-hydrogen) atoms. The Hall–Kier alpha value is -2.93.